The molecule has 0 aromatic heterocycles. The highest BCUT2D eigenvalue weighted by Crippen LogP contribution is 2.11. The third kappa shape index (κ3) is 3.38. The van der Waals surface area contributed by atoms with Gasteiger partial charge in [-0.2, -0.15) is 0 Å². The largest absolute Gasteiger partial charge is 0.378 e. The number of hydrogen-bond donors (Lipinski definition) is 1. The lowest BCUT2D eigenvalue weighted by molar-refractivity contribution is -0.116. The SMILES string of the molecule is CC(=O)CNC(=O)c1ccc(N(C)C)cc1. The highest BCUT2D eigenvalue weighted by molar-refractivity contribution is 5.96. The molecule has 4 heteroatoms. The molecule has 0 aliphatic carbocycles. The van der Waals surface area contributed by atoms with Crippen molar-refractivity contribution in [3.05, 3.63) is 29.8 Å². The number of carbonyl (C=O) groups excluding carboxylic acids is 2. The second-order valence-corrected chi connectivity index (χ2v) is 3.83. The first kappa shape index (κ1) is 12.2. The maximum atomic E-state index is 11.6. The number of rotatable bonds is 4. The molecule has 0 saturated heterocycles. The van der Waals surface area contributed by atoms with E-state index in [2.05, 4.69) is 5.32 Å². The number of benzene rings is 1. The number of amides is 1. The quantitative estimate of drug-likeness (QED) is 0.825. The van der Waals surface area contributed by atoms with E-state index in [1.807, 2.05) is 31.1 Å². The van der Waals surface area contributed by atoms with Crippen LogP contribution in [0.2, 0.25) is 0 Å². The van der Waals surface area contributed by atoms with Crippen LogP contribution >= 0.6 is 0 Å². The fourth-order valence-electron chi connectivity index (χ4n) is 1.22. The number of hydrogen-bond acceptors (Lipinski definition) is 3. The molecule has 1 rings (SSSR count). The van der Waals surface area contributed by atoms with Gasteiger partial charge in [-0.25, -0.2) is 0 Å². The summed E-state index contributed by atoms with van der Waals surface area (Å²) in [5, 5.41) is 2.54. The predicted molar refractivity (Wildman–Crippen MR) is 63.8 cm³/mol. The van der Waals surface area contributed by atoms with Crippen molar-refractivity contribution in [2.45, 2.75) is 6.92 Å². The summed E-state index contributed by atoms with van der Waals surface area (Å²) < 4.78 is 0. The molecule has 1 N–H and O–H groups in total. The van der Waals surface area contributed by atoms with Crippen molar-refractivity contribution in [2.75, 3.05) is 25.5 Å². The fraction of sp³-hybridized carbons (Fsp3) is 0.333. The Hall–Kier alpha value is -1.84. The smallest absolute Gasteiger partial charge is 0.251 e. The van der Waals surface area contributed by atoms with Crippen molar-refractivity contribution in [2.24, 2.45) is 0 Å². The molecule has 86 valence electrons. The minimum absolute atomic E-state index is 0.0572. The summed E-state index contributed by atoms with van der Waals surface area (Å²) in [5.41, 5.74) is 1.59. The molecule has 1 amide bonds. The molecular formula is C12H16N2O2. The molecule has 0 bridgehead atoms. The maximum absolute atomic E-state index is 11.6. The Labute approximate surface area is 95.3 Å². The first-order valence-electron chi connectivity index (χ1n) is 5.05. The monoisotopic (exact) mass is 220 g/mol. The number of ketones is 1. The van der Waals surface area contributed by atoms with E-state index in [9.17, 15) is 9.59 Å². The van der Waals surface area contributed by atoms with E-state index >= 15 is 0 Å². The van der Waals surface area contributed by atoms with Gasteiger partial charge in [0.25, 0.3) is 5.91 Å². The number of Topliss-reactive ketones (excluding diaryl/α,β-unsaturated/α-hetero) is 1. The zero-order valence-electron chi connectivity index (χ0n) is 9.78. The highest BCUT2D eigenvalue weighted by atomic mass is 16.2. The van der Waals surface area contributed by atoms with Crippen LogP contribution in [0.3, 0.4) is 0 Å². The number of anilines is 1. The van der Waals surface area contributed by atoms with Gasteiger partial charge in [-0.3, -0.25) is 9.59 Å². The Morgan fingerprint density at radius 2 is 1.75 bits per heavy atom. The molecule has 1 aromatic rings. The molecule has 0 radical (unpaired) electrons. The zero-order chi connectivity index (χ0) is 12.1. The summed E-state index contributed by atoms with van der Waals surface area (Å²) in [5.74, 6) is -0.279. The topological polar surface area (TPSA) is 49.4 Å². The lowest BCUT2D eigenvalue weighted by Crippen LogP contribution is -2.28. The van der Waals surface area contributed by atoms with Crippen LogP contribution in [-0.4, -0.2) is 32.3 Å². The second-order valence-electron chi connectivity index (χ2n) is 3.83. The third-order valence-corrected chi connectivity index (χ3v) is 2.14. The van der Waals surface area contributed by atoms with E-state index < -0.39 is 0 Å². The highest BCUT2D eigenvalue weighted by Gasteiger charge is 2.05. The van der Waals surface area contributed by atoms with Gasteiger partial charge in [0.05, 0.1) is 6.54 Å². The summed E-state index contributed by atoms with van der Waals surface area (Å²) in [6.45, 7) is 1.52. The van der Waals surface area contributed by atoms with E-state index in [0.29, 0.717) is 5.56 Å². The van der Waals surface area contributed by atoms with Gasteiger partial charge < -0.3 is 10.2 Å². The summed E-state index contributed by atoms with van der Waals surface area (Å²) in [7, 11) is 3.87. The Balaban J connectivity index is 2.66. The van der Waals surface area contributed by atoms with Crippen molar-refractivity contribution in [1.82, 2.24) is 5.32 Å². The summed E-state index contributed by atoms with van der Waals surface area (Å²) in [6.07, 6.45) is 0. The van der Waals surface area contributed by atoms with Crippen molar-refractivity contribution >= 4 is 17.4 Å². The van der Waals surface area contributed by atoms with Crippen molar-refractivity contribution < 1.29 is 9.59 Å². The third-order valence-electron chi connectivity index (χ3n) is 2.14. The Kier molecular flexibility index (Phi) is 4.05. The molecule has 4 nitrogen and oxygen atoms in total. The van der Waals surface area contributed by atoms with E-state index in [1.165, 1.54) is 6.92 Å². The Bertz CT molecular complexity index is 383. The molecule has 0 heterocycles. The molecule has 0 atom stereocenters. The van der Waals surface area contributed by atoms with Gasteiger partial charge in [-0.05, 0) is 31.2 Å². The van der Waals surface area contributed by atoms with Gasteiger partial charge in [0.2, 0.25) is 0 Å². The molecule has 0 aliphatic rings. The van der Waals surface area contributed by atoms with Gasteiger partial charge in [-0.1, -0.05) is 0 Å². The average Bonchev–Trinajstić information content (AvgIpc) is 2.26. The molecule has 1 aromatic carbocycles. The van der Waals surface area contributed by atoms with Crippen LogP contribution in [0.15, 0.2) is 24.3 Å². The van der Waals surface area contributed by atoms with Crippen LogP contribution in [0, 0.1) is 0 Å². The van der Waals surface area contributed by atoms with Crippen LogP contribution < -0.4 is 10.2 Å². The molecule has 0 spiro atoms. The number of carbonyl (C=O) groups is 2. The van der Waals surface area contributed by atoms with Crippen LogP contribution in [0.5, 0.6) is 0 Å². The molecule has 0 fully saturated rings. The first-order valence-corrected chi connectivity index (χ1v) is 5.05. The van der Waals surface area contributed by atoms with Crippen LogP contribution in [0.4, 0.5) is 5.69 Å². The van der Waals surface area contributed by atoms with Gasteiger partial charge in [0.1, 0.15) is 5.78 Å². The number of nitrogens with one attached hydrogen (secondary N) is 1. The van der Waals surface area contributed by atoms with Crippen LogP contribution in [0.1, 0.15) is 17.3 Å². The Morgan fingerprint density at radius 3 is 2.19 bits per heavy atom. The summed E-state index contributed by atoms with van der Waals surface area (Å²) in [6, 6.07) is 7.21. The predicted octanol–water partition coefficient (Wildman–Crippen LogP) is 1.07. The molecule has 0 unspecified atom stereocenters. The molecule has 0 saturated carbocycles. The minimum atomic E-state index is -0.222. The van der Waals surface area contributed by atoms with E-state index in [0.717, 1.165) is 5.69 Å². The lowest BCUT2D eigenvalue weighted by Gasteiger charge is -2.12. The van der Waals surface area contributed by atoms with E-state index in [1.54, 1.807) is 12.1 Å². The minimum Gasteiger partial charge on any atom is -0.378 e. The van der Waals surface area contributed by atoms with Gasteiger partial charge in [0, 0.05) is 25.3 Å². The lowest BCUT2D eigenvalue weighted by atomic mass is 10.2. The summed E-state index contributed by atoms with van der Waals surface area (Å²) >= 11 is 0. The zero-order valence-corrected chi connectivity index (χ0v) is 9.78. The van der Waals surface area contributed by atoms with Crippen LogP contribution in [0.25, 0.3) is 0 Å². The summed E-state index contributed by atoms with van der Waals surface area (Å²) in [4.78, 5) is 24.2. The normalized spacial score (nSPS) is 9.69. The molecular weight excluding hydrogens is 204 g/mol. The van der Waals surface area contributed by atoms with E-state index in [4.69, 9.17) is 0 Å². The van der Waals surface area contributed by atoms with Gasteiger partial charge in [-0.15, -0.1) is 0 Å². The molecule has 0 aliphatic heterocycles. The standard InChI is InChI=1S/C12H16N2O2/c1-9(15)8-13-12(16)10-4-6-11(7-5-10)14(2)3/h4-7H,8H2,1-3H3,(H,13,16). The Morgan fingerprint density at radius 1 is 1.19 bits per heavy atom. The fourth-order valence-corrected chi connectivity index (χ4v) is 1.22. The van der Waals surface area contributed by atoms with Crippen molar-refractivity contribution in [3.63, 3.8) is 0 Å². The molecule has 16 heavy (non-hydrogen) atoms. The number of nitrogens with zero attached hydrogens (tertiary/aromatic N) is 1. The van der Waals surface area contributed by atoms with Crippen molar-refractivity contribution in [1.29, 1.82) is 0 Å². The maximum Gasteiger partial charge on any atom is 0.251 e. The second kappa shape index (κ2) is 5.30. The van der Waals surface area contributed by atoms with Crippen molar-refractivity contribution in [3.8, 4) is 0 Å². The van der Waals surface area contributed by atoms with E-state index in [-0.39, 0.29) is 18.2 Å². The van der Waals surface area contributed by atoms with Gasteiger partial charge in [0.15, 0.2) is 0 Å². The average molecular weight is 220 g/mol. The first-order chi connectivity index (χ1) is 7.50. The van der Waals surface area contributed by atoms with Crippen LogP contribution in [-0.2, 0) is 4.79 Å². The van der Waals surface area contributed by atoms with Gasteiger partial charge >= 0.3 is 0 Å².